The van der Waals surface area contributed by atoms with Crippen molar-refractivity contribution in [1.29, 1.82) is 0 Å². The summed E-state index contributed by atoms with van der Waals surface area (Å²) in [4.78, 5) is 15.9. The summed E-state index contributed by atoms with van der Waals surface area (Å²) < 4.78 is 7.29. The van der Waals surface area contributed by atoms with Crippen LogP contribution in [0, 0.1) is 0 Å². The molecule has 0 unspecified atom stereocenters. The molecule has 0 spiro atoms. The highest BCUT2D eigenvalue weighted by molar-refractivity contribution is 7.25. The van der Waals surface area contributed by atoms with Gasteiger partial charge in [-0.2, -0.15) is 9.97 Å². The Bertz CT molecular complexity index is 3520. The van der Waals surface area contributed by atoms with Crippen molar-refractivity contribution in [3.05, 3.63) is 188 Å². The van der Waals surface area contributed by atoms with Crippen molar-refractivity contribution in [1.82, 2.24) is 24.1 Å². The molecule has 0 aliphatic heterocycles. The normalized spacial score (nSPS) is 11.9. The summed E-state index contributed by atoms with van der Waals surface area (Å²) in [6.45, 7) is 0. The van der Waals surface area contributed by atoms with Crippen LogP contribution < -0.4 is 0 Å². The molecule has 12 aromatic rings. The molecule has 12 rings (SSSR count). The van der Waals surface area contributed by atoms with Crippen molar-refractivity contribution in [2.45, 2.75) is 0 Å². The zero-order chi connectivity index (χ0) is 37.5. The standard InChI is InChI=1S/C51H31N5S/c1-3-15-32(16-4-1)34-19-13-20-35(31-34)50-52-49(33-17-5-2-6-18-33)53-51(54-50)56-42-25-11-8-22-37(42)39-30-29-38-36-21-7-10-24-41(36)55(47(38)48(39)56)43-26-14-28-45-46(43)40-23-9-12-27-44(40)57-45/h1-31H. The molecular weight excluding hydrogens is 715 g/mol. The first-order valence-electron chi connectivity index (χ1n) is 19.1. The second kappa shape index (κ2) is 12.6. The molecule has 0 saturated carbocycles. The minimum absolute atomic E-state index is 0.568. The molecule has 0 atom stereocenters. The van der Waals surface area contributed by atoms with Gasteiger partial charge >= 0.3 is 0 Å². The SMILES string of the molecule is c1ccc(-c2cccc(-c3nc(-c4ccccc4)nc(-n4c5ccccc5c5ccc6c7ccccc7n(-c7cccc8sc9ccccc9c78)c6c54)n3)c2)cc1. The lowest BCUT2D eigenvalue weighted by Crippen LogP contribution is -2.07. The van der Waals surface area contributed by atoms with E-state index in [4.69, 9.17) is 15.0 Å². The first-order valence-corrected chi connectivity index (χ1v) is 19.9. The number of aromatic nitrogens is 5. The Labute approximate surface area is 331 Å². The monoisotopic (exact) mass is 745 g/mol. The molecular formula is C51H31N5S. The van der Waals surface area contributed by atoms with E-state index < -0.39 is 0 Å². The minimum Gasteiger partial charge on any atom is -0.306 e. The second-order valence-electron chi connectivity index (χ2n) is 14.4. The van der Waals surface area contributed by atoms with Gasteiger partial charge in [0.25, 0.3) is 0 Å². The number of hydrogen-bond acceptors (Lipinski definition) is 4. The van der Waals surface area contributed by atoms with E-state index in [1.807, 2.05) is 35.6 Å². The van der Waals surface area contributed by atoms with Crippen LogP contribution in [0.25, 0.3) is 109 Å². The summed E-state index contributed by atoms with van der Waals surface area (Å²) >= 11 is 1.84. The van der Waals surface area contributed by atoms with E-state index in [9.17, 15) is 0 Å². The van der Waals surface area contributed by atoms with Crippen molar-refractivity contribution >= 4 is 75.1 Å². The zero-order valence-electron chi connectivity index (χ0n) is 30.5. The van der Waals surface area contributed by atoms with Gasteiger partial charge in [-0.1, -0.05) is 152 Å². The van der Waals surface area contributed by atoms with Crippen LogP contribution in [0.1, 0.15) is 0 Å². The summed E-state index contributed by atoms with van der Waals surface area (Å²) in [7, 11) is 0. The predicted octanol–water partition coefficient (Wildman–Crippen LogP) is 13.4. The average Bonchev–Trinajstić information content (AvgIpc) is 3.95. The third-order valence-electron chi connectivity index (χ3n) is 11.2. The average molecular weight is 746 g/mol. The molecule has 0 bridgehead atoms. The molecule has 266 valence electrons. The van der Waals surface area contributed by atoms with Gasteiger partial charge in [-0.15, -0.1) is 11.3 Å². The molecule has 0 N–H and O–H groups in total. The number of nitrogens with zero attached hydrogens (tertiary/aromatic N) is 5. The lowest BCUT2D eigenvalue weighted by molar-refractivity contribution is 0.953. The second-order valence-corrected chi connectivity index (χ2v) is 15.5. The van der Waals surface area contributed by atoms with Gasteiger partial charge in [0.05, 0.1) is 27.8 Å². The maximum absolute atomic E-state index is 5.39. The van der Waals surface area contributed by atoms with Crippen molar-refractivity contribution in [2.24, 2.45) is 0 Å². The van der Waals surface area contributed by atoms with Crippen LogP contribution in [0.3, 0.4) is 0 Å². The van der Waals surface area contributed by atoms with Crippen LogP contribution in [-0.4, -0.2) is 24.1 Å². The molecule has 5 nitrogen and oxygen atoms in total. The fourth-order valence-corrected chi connectivity index (χ4v) is 9.81. The molecule has 0 fully saturated rings. The number of thiophene rings is 1. The van der Waals surface area contributed by atoms with Crippen LogP contribution >= 0.6 is 11.3 Å². The van der Waals surface area contributed by atoms with Crippen LogP contribution in [-0.2, 0) is 0 Å². The summed E-state index contributed by atoms with van der Waals surface area (Å²) in [5, 5.41) is 7.17. The maximum atomic E-state index is 5.39. The Balaban J connectivity index is 1.22. The van der Waals surface area contributed by atoms with Crippen molar-refractivity contribution in [3.8, 4) is 45.5 Å². The summed E-state index contributed by atoms with van der Waals surface area (Å²) in [6, 6.07) is 66.6. The van der Waals surface area contributed by atoms with E-state index in [1.54, 1.807) is 0 Å². The van der Waals surface area contributed by atoms with Gasteiger partial charge in [0.15, 0.2) is 11.6 Å². The van der Waals surface area contributed by atoms with Crippen molar-refractivity contribution in [3.63, 3.8) is 0 Å². The van der Waals surface area contributed by atoms with Gasteiger partial charge in [0.2, 0.25) is 5.95 Å². The van der Waals surface area contributed by atoms with E-state index in [1.165, 1.54) is 30.9 Å². The van der Waals surface area contributed by atoms with Gasteiger partial charge < -0.3 is 4.57 Å². The third-order valence-corrected chi connectivity index (χ3v) is 12.3. The molecule has 0 radical (unpaired) electrons. The van der Waals surface area contributed by atoms with E-state index >= 15 is 0 Å². The zero-order valence-corrected chi connectivity index (χ0v) is 31.4. The minimum atomic E-state index is 0.568. The molecule has 0 aliphatic rings. The highest BCUT2D eigenvalue weighted by atomic mass is 32.1. The smallest absolute Gasteiger partial charge is 0.238 e. The summed E-state index contributed by atoms with van der Waals surface area (Å²) in [5.41, 5.74) is 9.60. The Morgan fingerprint density at radius 1 is 0.351 bits per heavy atom. The van der Waals surface area contributed by atoms with Crippen molar-refractivity contribution < 1.29 is 0 Å². The summed E-state index contributed by atoms with van der Waals surface area (Å²) in [5.74, 6) is 1.80. The molecule has 0 saturated heterocycles. The highest BCUT2D eigenvalue weighted by Crippen LogP contribution is 2.44. The Morgan fingerprint density at radius 2 is 0.877 bits per heavy atom. The molecule has 0 amide bonds. The van der Waals surface area contributed by atoms with Crippen molar-refractivity contribution in [2.75, 3.05) is 0 Å². The predicted molar refractivity (Wildman–Crippen MR) is 238 cm³/mol. The van der Waals surface area contributed by atoms with Crippen LogP contribution in [0.15, 0.2) is 188 Å². The fraction of sp³-hybridized carbons (Fsp3) is 0. The number of para-hydroxylation sites is 2. The van der Waals surface area contributed by atoms with Crippen LogP contribution in [0.2, 0.25) is 0 Å². The van der Waals surface area contributed by atoms with Gasteiger partial charge in [-0.25, -0.2) is 4.98 Å². The van der Waals surface area contributed by atoms with Crippen LogP contribution in [0.5, 0.6) is 0 Å². The molecule has 57 heavy (non-hydrogen) atoms. The number of rotatable bonds is 5. The molecule has 6 heteroatoms. The van der Waals surface area contributed by atoms with E-state index in [2.05, 4.69) is 173 Å². The van der Waals surface area contributed by atoms with E-state index in [-0.39, 0.29) is 0 Å². The van der Waals surface area contributed by atoms with Crippen LogP contribution in [0.4, 0.5) is 0 Å². The van der Waals surface area contributed by atoms with E-state index in [0.29, 0.717) is 17.6 Å². The third kappa shape index (κ3) is 4.91. The molecule has 8 aromatic carbocycles. The Morgan fingerprint density at radius 3 is 1.61 bits per heavy atom. The number of fused-ring (bicyclic) bond motifs is 10. The quantitative estimate of drug-likeness (QED) is 0.176. The number of benzene rings is 8. The van der Waals surface area contributed by atoms with E-state index in [0.717, 1.165) is 60.8 Å². The first kappa shape index (κ1) is 31.9. The maximum Gasteiger partial charge on any atom is 0.238 e. The molecule has 4 heterocycles. The lowest BCUT2D eigenvalue weighted by Gasteiger charge is -2.14. The molecule has 4 aromatic heterocycles. The Hall–Kier alpha value is -7.41. The topological polar surface area (TPSA) is 48.5 Å². The summed E-state index contributed by atoms with van der Waals surface area (Å²) in [6.07, 6.45) is 0. The largest absolute Gasteiger partial charge is 0.306 e. The van der Waals surface area contributed by atoms with Gasteiger partial charge in [-0.3, -0.25) is 4.57 Å². The fourth-order valence-electron chi connectivity index (χ4n) is 8.68. The molecule has 0 aliphatic carbocycles. The van der Waals surface area contributed by atoms with Gasteiger partial charge in [0.1, 0.15) is 0 Å². The first-order chi connectivity index (χ1) is 28.3. The van der Waals surface area contributed by atoms with Gasteiger partial charge in [0, 0.05) is 52.8 Å². The highest BCUT2D eigenvalue weighted by Gasteiger charge is 2.24. The Kier molecular flexibility index (Phi) is 7.03. The number of hydrogen-bond donors (Lipinski definition) is 0. The lowest BCUT2D eigenvalue weighted by atomic mass is 10.0. The van der Waals surface area contributed by atoms with Gasteiger partial charge in [-0.05, 0) is 47.5 Å².